The summed E-state index contributed by atoms with van der Waals surface area (Å²) in [4.78, 5) is 4.34. The maximum atomic E-state index is 13.1. The number of hydrogen-bond acceptors (Lipinski definition) is 5. The number of halogens is 3. The van der Waals surface area contributed by atoms with Gasteiger partial charge >= 0.3 is 6.18 Å². The van der Waals surface area contributed by atoms with E-state index in [4.69, 9.17) is 0 Å². The highest BCUT2D eigenvalue weighted by Crippen LogP contribution is 2.32. The Balaban J connectivity index is 1.40. The van der Waals surface area contributed by atoms with E-state index in [1.54, 1.807) is 6.07 Å². The molecule has 0 aliphatic carbocycles. The molecule has 9 heteroatoms. The lowest BCUT2D eigenvalue weighted by Gasteiger charge is -2.39. The summed E-state index contributed by atoms with van der Waals surface area (Å²) in [6.45, 7) is 5.60. The number of hydrogen-bond donors (Lipinski definition) is 0. The summed E-state index contributed by atoms with van der Waals surface area (Å²) in [5, 5.41) is 12.4. The Morgan fingerprint density at radius 1 is 0.969 bits per heavy atom. The Morgan fingerprint density at radius 2 is 1.72 bits per heavy atom. The van der Waals surface area contributed by atoms with Crippen LogP contribution in [0.25, 0.3) is 0 Å². The average molecular weight is 445 g/mol. The summed E-state index contributed by atoms with van der Waals surface area (Å²) in [7, 11) is 0. The zero-order chi connectivity index (χ0) is 22.6. The number of rotatable bonds is 7. The summed E-state index contributed by atoms with van der Waals surface area (Å²) in [6.07, 6.45) is -2.63. The van der Waals surface area contributed by atoms with E-state index in [9.17, 15) is 13.2 Å². The van der Waals surface area contributed by atoms with Crippen LogP contribution in [-0.4, -0.2) is 51.3 Å². The Labute approximate surface area is 185 Å². The second kappa shape index (κ2) is 9.68. The molecule has 1 saturated heterocycles. The number of anilines is 1. The Morgan fingerprint density at radius 3 is 2.41 bits per heavy atom. The van der Waals surface area contributed by atoms with Gasteiger partial charge in [-0.25, -0.2) is 4.68 Å². The molecule has 1 aliphatic rings. The first-order valence-corrected chi connectivity index (χ1v) is 10.9. The molecule has 0 spiro atoms. The van der Waals surface area contributed by atoms with E-state index in [1.807, 2.05) is 27.8 Å². The van der Waals surface area contributed by atoms with Crippen molar-refractivity contribution in [3.8, 4) is 0 Å². The summed E-state index contributed by atoms with van der Waals surface area (Å²) in [6, 6.07) is 15.9. The minimum absolute atomic E-state index is 0.0735. The summed E-state index contributed by atoms with van der Waals surface area (Å²) >= 11 is 0. The van der Waals surface area contributed by atoms with Gasteiger partial charge in [0.1, 0.15) is 0 Å². The molecule has 0 saturated carbocycles. The predicted octanol–water partition coefficient (Wildman–Crippen LogP) is 4.21. The van der Waals surface area contributed by atoms with Crippen molar-refractivity contribution in [1.29, 1.82) is 0 Å². The first-order valence-electron chi connectivity index (χ1n) is 10.9. The Bertz CT molecular complexity index is 996. The van der Waals surface area contributed by atoms with Gasteiger partial charge in [-0.15, -0.1) is 5.10 Å². The highest BCUT2D eigenvalue weighted by atomic mass is 19.4. The van der Waals surface area contributed by atoms with Gasteiger partial charge in [-0.2, -0.15) is 13.2 Å². The highest BCUT2D eigenvalue weighted by molar-refractivity contribution is 5.49. The van der Waals surface area contributed by atoms with Crippen molar-refractivity contribution in [3.63, 3.8) is 0 Å². The molecule has 0 radical (unpaired) electrons. The standard InChI is InChI=1S/C23H27F3N6/c1-2-21(22-27-28-29-32(22)12-11-18-7-4-3-5-8-18)31-15-13-30(14-16-31)20-10-6-9-19(17-20)23(24,25)26/h3-10,17,21H,2,11-16H2,1H3/t21-/m0/s1. The third-order valence-electron chi connectivity index (χ3n) is 5.99. The van der Waals surface area contributed by atoms with Gasteiger partial charge in [-0.1, -0.05) is 43.3 Å². The first-order chi connectivity index (χ1) is 15.5. The van der Waals surface area contributed by atoms with Crippen LogP contribution in [0.2, 0.25) is 0 Å². The van der Waals surface area contributed by atoms with E-state index in [1.165, 1.54) is 17.7 Å². The van der Waals surface area contributed by atoms with Crippen LogP contribution >= 0.6 is 0 Å². The minimum atomic E-state index is -4.33. The van der Waals surface area contributed by atoms with Gasteiger partial charge in [-0.3, -0.25) is 4.90 Å². The van der Waals surface area contributed by atoms with Crippen LogP contribution in [0.4, 0.5) is 18.9 Å². The third kappa shape index (κ3) is 5.09. The number of benzene rings is 2. The zero-order valence-corrected chi connectivity index (χ0v) is 18.0. The number of piperazine rings is 1. The quantitative estimate of drug-likeness (QED) is 0.547. The van der Waals surface area contributed by atoms with Crippen molar-refractivity contribution in [2.45, 2.75) is 38.5 Å². The SMILES string of the molecule is CC[C@@H](c1nnnn1CCc1ccccc1)N1CCN(c2cccc(C(F)(F)F)c2)CC1. The van der Waals surface area contributed by atoms with Crippen molar-refractivity contribution in [2.75, 3.05) is 31.1 Å². The monoisotopic (exact) mass is 444 g/mol. The first kappa shape index (κ1) is 22.3. The molecule has 1 atom stereocenters. The van der Waals surface area contributed by atoms with Crippen molar-refractivity contribution in [1.82, 2.24) is 25.1 Å². The van der Waals surface area contributed by atoms with Crippen LogP contribution in [0.1, 0.15) is 36.3 Å². The molecule has 1 aliphatic heterocycles. The summed E-state index contributed by atoms with van der Waals surface area (Å²) in [5.74, 6) is 0.843. The van der Waals surface area contributed by atoms with Gasteiger partial charge < -0.3 is 4.90 Å². The molecule has 1 fully saturated rings. The van der Waals surface area contributed by atoms with E-state index in [0.717, 1.165) is 37.8 Å². The van der Waals surface area contributed by atoms with Crippen LogP contribution < -0.4 is 4.90 Å². The lowest BCUT2D eigenvalue weighted by Crippen LogP contribution is -2.48. The predicted molar refractivity (Wildman–Crippen MR) is 116 cm³/mol. The van der Waals surface area contributed by atoms with E-state index in [-0.39, 0.29) is 6.04 Å². The van der Waals surface area contributed by atoms with Crippen molar-refractivity contribution in [3.05, 3.63) is 71.5 Å². The molecule has 2 heterocycles. The lowest BCUT2D eigenvalue weighted by molar-refractivity contribution is -0.137. The molecule has 2 aromatic carbocycles. The third-order valence-corrected chi connectivity index (χ3v) is 5.99. The largest absolute Gasteiger partial charge is 0.416 e. The van der Waals surface area contributed by atoms with Gasteiger partial charge in [0.2, 0.25) is 0 Å². The molecule has 1 aromatic heterocycles. The minimum Gasteiger partial charge on any atom is -0.369 e. The van der Waals surface area contributed by atoms with Crippen LogP contribution in [0.15, 0.2) is 54.6 Å². The second-order valence-electron chi connectivity index (χ2n) is 7.99. The molecule has 4 rings (SSSR count). The van der Waals surface area contributed by atoms with Crippen LogP contribution in [0, 0.1) is 0 Å². The van der Waals surface area contributed by atoms with Gasteiger partial charge in [0.25, 0.3) is 0 Å². The van der Waals surface area contributed by atoms with E-state index in [2.05, 4.69) is 39.5 Å². The molecule has 170 valence electrons. The maximum absolute atomic E-state index is 13.1. The fraction of sp³-hybridized carbons (Fsp3) is 0.435. The van der Waals surface area contributed by atoms with E-state index >= 15 is 0 Å². The fourth-order valence-electron chi connectivity index (χ4n) is 4.26. The smallest absolute Gasteiger partial charge is 0.369 e. The lowest BCUT2D eigenvalue weighted by atomic mass is 10.1. The van der Waals surface area contributed by atoms with Gasteiger partial charge in [-0.05, 0) is 47.0 Å². The molecule has 3 aromatic rings. The molecule has 32 heavy (non-hydrogen) atoms. The molecule has 0 N–H and O–H groups in total. The highest BCUT2D eigenvalue weighted by Gasteiger charge is 2.32. The van der Waals surface area contributed by atoms with Crippen LogP contribution in [0.5, 0.6) is 0 Å². The summed E-state index contributed by atoms with van der Waals surface area (Å²) in [5.41, 5.74) is 1.23. The van der Waals surface area contributed by atoms with Crippen molar-refractivity contribution in [2.24, 2.45) is 0 Å². The number of aryl methyl sites for hydroxylation is 2. The van der Waals surface area contributed by atoms with Crippen molar-refractivity contribution < 1.29 is 13.2 Å². The fourth-order valence-corrected chi connectivity index (χ4v) is 4.26. The number of nitrogens with zero attached hydrogens (tertiary/aromatic N) is 6. The number of alkyl halides is 3. The maximum Gasteiger partial charge on any atom is 0.416 e. The van der Waals surface area contributed by atoms with E-state index in [0.29, 0.717) is 25.3 Å². The molecular formula is C23H27F3N6. The van der Waals surface area contributed by atoms with Crippen LogP contribution in [0.3, 0.4) is 0 Å². The van der Waals surface area contributed by atoms with Crippen molar-refractivity contribution >= 4 is 5.69 Å². The van der Waals surface area contributed by atoms with E-state index < -0.39 is 11.7 Å². The molecule has 6 nitrogen and oxygen atoms in total. The summed E-state index contributed by atoms with van der Waals surface area (Å²) < 4.78 is 41.1. The zero-order valence-electron chi connectivity index (χ0n) is 18.0. The van der Waals surface area contributed by atoms with Gasteiger partial charge in [0, 0.05) is 38.4 Å². The topological polar surface area (TPSA) is 50.1 Å². The number of tetrazole rings is 1. The normalized spacial score (nSPS) is 16.3. The molecule has 0 unspecified atom stereocenters. The van der Waals surface area contributed by atoms with Crippen LogP contribution in [-0.2, 0) is 19.1 Å². The Hall–Kier alpha value is -2.94. The number of aromatic nitrogens is 4. The van der Waals surface area contributed by atoms with Gasteiger partial charge in [0.15, 0.2) is 5.82 Å². The van der Waals surface area contributed by atoms with Gasteiger partial charge in [0.05, 0.1) is 11.6 Å². The average Bonchev–Trinajstić information content (AvgIpc) is 3.27. The Kier molecular flexibility index (Phi) is 6.74. The molecule has 0 bridgehead atoms. The molecule has 0 amide bonds. The second-order valence-corrected chi connectivity index (χ2v) is 7.99. The molecular weight excluding hydrogens is 417 g/mol.